The van der Waals surface area contributed by atoms with Crippen LogP contribution < -0.4 is 0 Å². The average molecular weight is 1010 g/mol. The van der Waals surface area contributed by atoms with Crippen molar-refractivity contribution in [1.29, 1.82) is 0 Å². The van der Waals surface area contributed by atoms with Gasteiger partial charge in [0.05, 0.1) is 0 Å². The normalized spacial score (nSPS) is 12.5. The number of carbonyl (C=O) groups excluding carboxylic acids is 3. The molecule has 6 nitrogen and oxygen atoms in total. The van der Waals surface area contributed by atoms with E-state index in [1.54, 1.807) is 0 Å². The Morgan fingerprint density at radius 1 is 0.292 bits per heavy atom. The van der Waals surface area contributed by atoms with Crippen LogP contribution >= 0.6 is 0 Å². The molecule has 0 aromatic heterocycles. The van der Waals surface area contributed by atoms with E-state index in [0.717, 1.165) is 96.3 Å². The first-order valence-corrected chi connectivity index (χ1v) is 30.9. The number of hydrogen-bond donors (Lipinski definition) is 0. The second kappa shape index (κ2) is 60.4. The number of esters is 3. The van der Waals surface area contributed by atoms with Crippen molar-refractivity contribution in [2.24, 2.45) is 0 Å². The Kier molecular flexibility index (Phi) is 57.8. The van der Waals surface area contributed by atoms with E-state index in [0.29, 0.717) is 19.3 Å². The zero-order valence-electron chi connectivity index (χ0n) is 47.7. The first kappa shape index (κ1) is 68.8. The molecule has 0 amide bonds. The number of rotatable bonds is 56. The third-order valence-corrected chi connectivity index (χ3v) is 13.4. The second-order valence-corrected chi connectivity index (χ2v) is 20.6. The maximum atomic E-state index is 12.9. The maximum absolute atomic E-state index is 12.9. The topological polar surface area (TPSA) is 78.9 Å². The molecule has 0 aliphatic rings. The van der Waals surface area contributed by atoms with Crippen LogP contribution in [0.3, 0.4) is 0 Å². The first-order valence-electron chi connectivity index (χ1n) is 30.9. The fraction of sp³-hybridized carbons (Fsp3) is 0.773. The lowest BCUT2D eigenvalue weighted by Crippen LogP contribution is -2.30. The number of carbonyl (C=O) groups is 3. The van der Waals surface area contributed by atoms with Gasteiger partial charge in [-0.15, -0.1) is 0 Å². The number of ether oxygens (including phenoxy) is 3. The molecule has 0 aromatic rings. The van der Waals surface area contributed by atoms with E-state index >= 15 is 0 Å². The van der Waals surface area contributed by atoms with Crippen LogP contribution in [0.5, 0.6) is 0 Å². The lowest BCUT2D eigenvalue weighted by molar-refractivity contribution is -0.167. The lowest BCUT2D eigenvalue weighted by Gasteiger charge is -2.18. The highest BCUT2D eigenvalue weighted by Gasteiger charge is 2.19. The van der Waals surface area contributed by atoms with Crippen LogP contribution in [0.25, 0.3) is 0 Å². The molecule has 0 radical (unpaired) electrons. The average Bonchev–Trinajstić information content (AvgIpc) is 3.38. The van der Waals surface area contributed by atoms with Gasteiger partial charge in [0.1, 0.15) is 13.2 Å². The highest BCUT2D eigenvalue weighted by molar-refractivity contribution is 5.71. The van der Waals surface area contributed by atoms with Gasteiger partial charge < -0.3 is 14.2 Å². The van der Waals surface area contributed by atoms with Crippen LogP contribution in [0.2, 0.25) is 0 Å². The van der Waals surface area contributed by atoms with Crippen molar-refractivity contribution in [2.45, 2.75) is 316 Å². The molecule has 0 heterocycles. The smallest absolute Gasteiger partial charge is 0.306 e. The largest absolute Gasteiger partial charge is 0.462 e. The Morgan fingerprint density at radius 2 is 0.569 bits per heavy atom. The summed E-state index contributed by atoms with van der Waals surface area (Å²) < 4.78 is 16.9. The third-order valence-electron chi connectivity index (χ3n) is 13.4. The van der Waals surface area contributed by atoms with Gasteiger partial charge in [0, 0.05) is 19.3 Å². The van der Waals surface area contributed by atoms with E-state index in [1.165, 1.54) is 173 Å². The number of allylic oxidation sites excluding steroid dienone is 12. The molecule has 0 saturated carbocycles. The molecule has 0 fully saturated rings. The summed E-state index contributed by atoms with van der Waals surface area (Å²) in [5.41, 5.74) is 0. The molecule has 0 bridgehead atoms. The Morgan fingerprint density at radius 3 is 0.917 bits per heavy atom. The standard InChI is InChI=1S/C66H116O6/c1-4-7-10-13-16-19-22-24-26-28-30-32-33-35-36-38-40-42-44-47-50-53-56-59-65(68)71-62-63(61-70-64(67)58-55-52-49-46-21-18-15-12-9-6-3)72-66(69)60-57-54-51-48-45-43-41-39-37-34-31-29-27-25-23-20-17-14-11-8-5-2/h7,10,12,15-16,19,24,26,29-32,63H,4-6,8-9,11,13-14,17-18,20-23,25,27-28,33-62H2,1-3H3/b10-7-,15-12-,19-16-,26-24-,31-29-,32-30-. The molecule has 1 unspecified atom stereocenters. The van der Waals surface area contributed by atoms with Crippen LogP contribution in [-0.2, 0) is 28.6 Å². The molecule has 0 spiro atoms. The first-order chi connectivity index (χ1) is 35.5. The molecule has 416 valence electrons. The zero-order chi connectivity index (χ0) is 52.2. The minimum atomic E-state index is -0.781. The summed E-state index contributed by atoms with van der Waals surface area (Å²) >= 11 is 0. The van der Waals surface area contributed by atoms with Gasteiger partial charge in [-0.1, -0.05) is 261 Å². The van der Waals surface area contributed by atoms with Crippen molar-refractivity contribution in [1.82, 2.24) is 0 Å². The van der Waals surface area contributed by atoms with E-state index in [-0.39, 0.29) is 31.1 Å². The van der Waals surface area contributed by atoms with Gasteiger partial charge in [0.25, 0.3) is 0 Å². The van der Waals surface area contributed by atoms with E-state index in [1.807, 2.05) is 0 Å². The van der Waals surface area contributed by atoms with Crippen LogP contribution in [-0.4, -0.2) is 37.2 Å². The van der Waals surface area contributed by atoms with Crippen LogP contribution in [0.4, 0.5) is 0 Å². The highest BCUT2D eigenvalue weighted by atomic mass is 16.6. The van der Waals surface area contributed by atoms with Gasteiger partial charge in [-0.25, -0.2) is 0 Å². The third kappa shape index (κ3) is 57.7. The van der Waals surface area contributed by atoms with Crippen LogP contribution in [0.1, 0.15) is 310 Å². The van der Waals surface area contributed by atoms with E-state index in [2.05, 4.69) is 93.7 Å². The molecule has 0 aromatic carbocycles. The summed E-state index contributed by atoms with van der Waals surface area (Å²) in [5.74, 6) is -0.885. The molecule has 0 aliphatic carbocycles. The zero-order valence-corrected chi connectivity index (χ0v) is 47.7. The SMILES string of the molecule is CC/C=C\C/C=C\C/C=C\C/C=C\CCCCCCCCCCCCC(=O)OCC(COC(=O)CCCCCCC/C=C\CCC)OC(=O)CCCCCCCCCCC/C=C\CCCCCCCCCC. The summed E-state index contributed by atoms with van der Waals surface area (Å²) in [6.45, 7) is 6.48. The van der Waals surface area contributed by atoms with Crippen molar-refractivity contribution in [3.05, 3.63) is 72.9 Å². The molecule has 0 N–H and O–H groups in total. The summed E-state index contributed by atoms with van der Waals surface area (Å²) in [4.78, 5) is 38.2. The predicted octanol–water partition coefficient (Wildman–Crippen LogP) is 20.9. The molecule has 1 atom stereocenters. The summed E-state index contributed by atoms with van der Waals surface area (Å²) in [6.07, 6.45) is 77.7. The second-order valence-electron chi connectivity index (χ2n) is 20.6. The van der Waals surface area contributed by atoms with E-state index in [4.69, 9.17) is 14.2 Å². The Balaban J connectivity index is 4.26. The molecule has 0 aliphatic heterocycles. The Bertz CT molecular complexity index is 1340. The van der Waals surface area contributed by atoms with Crippen molar-refractivity contribution in [2.75, 3.05) is 13.2 Å². The minimum Gasteiger partial charge on any atom is -0.462 e. The molecular weight excluding hydrogens is 889 g/mol. The monoisotopic (exact) mass is 1000 g/mol. The molecule has 0 rings (SSSR count). The van der Waals surface area contributed by atoms with Crippen molar-refractivity contribution < 1.29 is 28.6 Å². The lowest BCUT2D eigenvalue weighted by atomic mass is 10.0. The van der Waals surface area contributed by atoms with Gasteiger partial charge in [-0.2, -0.15) is 0 Å². The number of unbranched alkanes of at least 4 members (excludes halogenated alkanes) is 33. The van der Waals surface area contributed by atoms with Gasteiger partial charge in [0.2, 0.25) is 0 Å². The van der Waals surface area contributed by atoms with E-state index in [9.17, 15) is 14.4 Å². The molecule has 6 heteroatoms. The van der Waals surface area contributed by atoms with E-state index < -0.39 is 6.10 Å². The Labute approximate surface area is 446 Å². The summed E-state index contributed by atoms with van der Waals surface area (Å²) in [6, 6.07) is 0. The fourth-order valence-corrected chi connectivity index (χ4v) is 8.79. The van der Waals surface area contributed by atoms with Gasteiger partial charge >= 0.3 is 17.9 Å². The summed E-state index contributed by atoms with van der Waals surface area (Å²) in [5, 5.41) is 0. The van der Waals surface area contributed by atoms with Gasteiger partial charge in [0.15, 0.2) is 6.10 Å². The van der Waals surface area contributed by atoms with Crippen LogP contribution in [0.15, 0.2) is 72.9 Å². The summed E-state index contributed by atoms with van der Waals surface area (Å²) in [7, 11) is 0. The predicted molar refractivity (Wildman–Crippen MR) is 311 cm³/mol. The quantitative estimate of drug-likeness (QED) is 0.0261. The maximum Gasteiger partial charge on any atom is 0.306 e. The Hall–Kier alpha value is -3.15. The van der Waals surface area contributed by atoms with Crippen molar-refractivity contribution in [3.63, 3.8) is 0 Å². The minimum absolute atomic E-state index is 0.0798. The molecule has 72 heavy (non-hydrogen) atoms. The van der Waals surface area contributed by atoms with Crippen molar-refractivity contribution in [3.8, 4) is 0 Å². The van der Waals surface area contributed by atoms with Crippen molar-refractivity contribution >= 4 is 17.9 Å². The molecule has 0 saturated heterocycles. The van der Waals surface area contributed by atoms with Gasteiger partial charge in [-0.3, -0.25) is 14.4 Å². The number of hydrogen-bond acceptors (Lipinski definition) is 6. The van der Waals surface area contributed by atoms with Crippen LogP contribution in [0, 0.1) is 0 Å². The molecular formula is C66H116O6. The fourth-order valence-electron chi connectivity index (χ4n) is 8.79. The van der Waals surface area contributed by atoms with Gasteiger partial charge in [-0.05, 0) is 103 Å². The highest BCUT2D eigenvalue weighted by Crippen LogP contribution is 2.16.